The van der Waals surface area contributed by atoms with Crippen molar-refractivity contribution in [2.24, 2.45) is 5.92 Å². The van der Waals surface area contributed by atoms with Gasteiger partial charge in [-0.1, -0.05) is 36.4 Å². The minimum Gasteiger partial charge on any atom is -0.469 e. The second kappa shape index (κ2) is 4.97. The Morgan fingerprint density at radius 2 is 2.06 bits per heavy atom. The Balaban J connectivity index is 2.07. The molecule has 2 heteroatoms. The first-order chi connectivity index (χ1) is 7.81. The summed E-state index contributed by atoms with van der Waals surface area (Å²) in [6, 6.07) is 10.3. The molecule has 0 heterocycles. The van der Waals surface area contributed by atoms with Gasteiger partial charge in [0.1, 0.15) is 0 Å². The number of carbonyl (C=O) groups is 1. The number of benzene rings is 1. The zero-order chi connectivity index (χ0) is 11.4. The summed E-state index contributed by atoms with van der Waals surface area (Å²) in [7, 11) is 1.46. The molecule has 0 amide bonds. The van der Waals surface area contributed by atoms with Crippen LogP contribution < -0.4 is 0 Å². The van der Waals surface area contributed by atoms with Crippen LogP contribution in [0.5, 0.6) is 0 Å². The third kappa shape index (κ3) is 2.32. The van der Waals surface area contributed by atoms with Gasteiger partial charge in [0.2, 0.25) is 0 Å². The lowest BCUT2D eigenvalue weighted by molar-refractivity contribution is -0.145. The van der Waals surface area contributed by atoms with Gasteiger partial charge in [0.15, 0.2) is 0 Å². The molecule has 1 unspecified atom stereocenters. The van der Waals surface area contributed by atoms with E-state index in [2.05, 4.69) is 18.2 Å². The topological polar surface area (TPSA) is 26.3 Å². The summed E-state index contributed by atoms with van der Waals surface area (Å²) in [4.78, 5) is 11.4. The Labute approximate surface area is 95.9 Å². The third-order valence-electron chi connectivity index (χ3n) is 3.09. The van der Waals surface area contributed by atoms with E-state index < -0.39 is 0 Å². The molecule has 0 fully saturated rings. The molecule has 0 aromatic heterocycles. The van der Waals surface area contributed by atoms with E-state index in [-0.39, 0.29) is 11.9 Å². The summed E-state index contributed by atoms with van der Waals surface area (Å²) >= 11 is 0. The first-order valence-corrected chi connectivity index (χ1v) is 5.63. The van der Waals surface area contributed by atoms with Crippen LogP contribution in [0.15, 0.2) is 36.4 Å². The molecule has 1 aliphatic carbocycles. The third-order valence-corrected chi connectivity index (χ3v) is 3.09. The quantitative estimate of drug-likeness (QED) is 0.710. The van der Waals surface area contributed by atoms with Gasteiger partial charge in [-0.15, -0.1) is 0 Å². The number of hydrogen-bond acceptors (Lipinski definition) is 2. The molecule has 1 aromatic carbocycles. The summed E-state index contributed by atoms with van der Waals surface area (Å²) in [5.74, 6) is -0.0270. The summed E-state index contributed by atoms with van der Waals surface area (Å²) in [5.41, 5.74) is 2.62. The fourth-order valence-electron chi connectivity index (χ4n) is 2.13. The molecule has 1 aromatic rings. The van der Waals surface area contributed by atoms with Crippen molar-refractivity contribution in [3.63, 3.8) is 0 Å². The molecule has 84 valence electrons. The Bertz CT molecular complexity index is 392. The van der Waals surface area contributed by atoms with Crippen LogP contribution in [-0.2, 0) is 9.53 Å². The molecule has 16 heavy (non-hydrogen) atoms. The molecule has 0 N–H and O–H groups in total. The van der Waals surface area contributed by atoms with Crippen molar-refractivity contribution in [3.8, 4) is 0 Å². The highest BCUT2D eigenvalue weighted by molar-refractivity contribution is 5.75. The predicted octanol–water partition coefficient (Wildman–Crippen LogP) is 3.04. The van der Waals surface area contributed by atoms with Crippen LogP contribution in [0.2, 0.25) is 0 Å². The standard InChI is InChI=1S/C14H16O2/c1-16-14(15)13-9-7-12(8-10-13)11-5-3-2-4-6-11/h2-7,13H,8-10H2,1H3. The summed E-state index contributed by atoms with van der Waals surface area (Å²) in [5, 5.41) is 0. The van der Waals surface area contributed by atoms with Gasteiger partial charge in [-0.2, -0.15) is 0 Å². The monoisotopic (exact) mass is 216 g/mol. The lowest BCUT2D eigenvalue weighted by Crippen LogP contribution is -2.18. The van der Waals surface area contributed by atoms with Crippen molar-refractivity contribution in [2.45, 2.75) is 19.3 Å². The zero-order valence-corrected chi connectivity index (χ0v) is 9.48. The number of allylic oxidation sites excluding steroid dienone is 2. The smallest absolute Gasteiger partial charge is 0.308 e. The van der Waals surface area contributed by atoms with E-state index in [0.717, 1.165) is 19.3 Å². The number of methoxy groups -OCH3 is 1. The van der Waals surface area contributed by atoms with Gasteiger partial charge >= 0.3 is 5.97 Å². The predicted molar refractivity (Wildman–Crippen MR) is 63.8 cm³/mol. The average molecular weight is 216 g/mol. The van der Waals surface area contributed by atoms with Gasteiger partial charge in [-0.05, 0) is 30.4 Å². The van der Waals surface area contributed by atoms with Crippen LogP contribution in [0.4, 0.5) is 0 Å². The van der Waals surface area contributed by atoms with Gasteiger partial charge in [0.25, 0.3) is 0 Å². The van der Waals surface area contributed by atoms with Gasteiger partial charge in [0, 0.05) is 0 Å². The van der Waals surface area contributed by atoms with Crippen LogP contribution in [0.3, 0.4) is 0 Å². The molecule has 0 saturated heterocycles. The van der Waals surface area contributed by atoms with Crippen LogP contribution in [-0.4, -0.2) is 13.1 Å². The summed E-state index contributed by atoms with van der Waals surface area (Å²) < 4.78 is 4.76. The second-order valence-corrected chi connectivity index (χ2v) is 4.09. The normalized spacial score (nSPS) is 20.1. The van der Waals surface area contributed by atoms with Crippen LogP contribution >= 0.6 is 0 Å². The number of ether oxygens (including phenoxy) is 1. The van der Waals surface area contributed by atoms with E-state index in [0.29, 0.717) is 0 Å². The van der Waals surface area contributed by atoms with Crippen molar-refractivity contribution in [1.29, 1.82) is 0 Å². The maximum Gasteiger partial charge on any atom is 0.308 e. The molecule has 0 spiro atoms. The molecule has 0 radical (unpaired) electrons. The molecular weight excluding hydrogens is 200 g/mol. The molecule has 1 atom stereocenters. The molecule has 0 bridgehead atoms. The Hall–Kier alpha value is -1.57. The molecule has 2 nitrogen and oxygen atoms in total. The molecule has 1 aliphatic rings. The first kappa shape index (κ1) is 10.9. The van der Waals surface area contributed by atoms with Crippen LogP contribution in [0.1, 0.15) is 24.8 Å². The molecule has 0 aliphatic heterocycles. The molecule has 2 rings (SSSR count). The van der Waals surface area contributed by atoms with Gasteiger partial charge < -0.3 is 4.74 Å². The van der Waals surface area contributed by atoms with E-state index in [1.165, 1.54) is 18.2 Å². The van der Waals surface area contributed by atoms with E-state index in [1.54, 1.807) is 0 Å². The zero-order valence-electron chi connectivity index (χ0n) is 9.48. The SMILES string of the molecule is COC(=O)C1CC=C(c2ccccc2)CC1. The highest BCUT2D eigenvalue weighted by Gasteiger charge is 2.22. The lowest BCUT2D eigenvalue weighted by atomic mass is 9.87. The number of esters is 1. The minimum atomic E-state index is -0.0802. The maximum absolute atomic E-state index is 11.4. The highest BCUT2D eigenvalue weighted by Crippen LogP contribution is 2.30. The lowest BCUT2D eigenvalue weighted by Gasteiger charge is -2.19. The van der Waals surface area contributed by atoms with Crippen molar-refractivity contribution >= 4 is 11.5 Å². The fourth-order valence-corrected chi connectivity index (χ4v) is 2.13. The van der Waals surface area contributed by atoms with Crippen molar-refractivity contribution < 1.29 is 9.53 Å². The van der Waals surface area contributed by atoms with Gasteiger partial charge in [-0.3, -0.25) is 4.79 Å². The second-order valence-electron chi connectivity index (χ2n) is 4.09. The molecule has 0 saturated carbocycles. The van der Waals surface area contributed by atoms with E-state index in [1.807, 2.05) is 18.2 Å². The first-order valence-electron chi connectivity index (χ1n) is 5.63. The Kier molecular flexibility index (Phi) is 3.40. The Morgan fingerprint density at radius 3 is 2.62 bits per heavy atom. The number of rotatable bonds is 2. The van der Waals surface area contributed by atoms with Gasteiger partial charge in [-0.25, -0.2) is 0 Å². The van der Waals surface area contributed by atoms with E-state index in [9.17, 15) is 4.79 Å². The minimum absolute atomic E-state index is 0.0532. The molecular formula is C14H16O2. The number of carbonyl (C=O) groups excluding carboxylic acids is 1. The van der Waals surface area contributed by atoms with Crippen molar-refractivity contribution in [2.75, 3.05) is 7.11 Å². The van der Waals surface area contributed by atoms with Crippen molar-refractivity contribution in [3.05, 3.63) is 42.0 Å². The fraction of sp³-hybridized carbons (Fsp3) is 0.357. The highest BCUT2D eigenvalue weighted by atomic mass is 16.5. The van der Waals surface area contributed by atoms with Gasteiger partial charge in [0.05, 0.1) is 13.0 Å². The average Bonchev–Trinajstić information content (AvgIpc) is 2.39. The summed E-state index contributed by atoms with van der Waals surface area (Å²) in [6.45, 7) is 0. The summed E-state index contributed by atoms with van der Waals surface area (Å²) in [6.07, 6.45) is 4.83. The van der Waals surface area contributed by atoms with E-state index in [4.69, 9.17) is 4.74 Å². The van der Waals surface area contributed by atoms with Crippen LogP contribution in [0.25, 0.3) is 5.57 Å². The van der Waals surface area contributed by atoms with Crippen molar-refractivity contribution in [1.82, 2.24) is 0 Å². The Morgan fingerprint density at radius 1 is 1.31 bits per heavy atom. The largest absolute Gasteiger partial charge is 0.469 e. The maximum atomic E-state index is 11.4. The number of hydrogen-bond donors (Lipinski definition) is 0. The van der Waals surface area contributed by atoms with Crippen LogP contribution in [0, 0.1) is 5.92 Å². The van der Waals surface area contributed by atoms with E-state index >= 15 is 0 Å².